The Morgan fingerprint density at radius 2 is 1.62 bits per heavy atom. The SMILES string of the molecule is Cc1cccc(C2=c3ccc4c(c3CCC2=O)CC=c2ccccc2=4)c1. The fourth-order valence-electron chi connectivity index (χ4n) is 4.46. The zero-order valence-corrected chi connectivity index (χ0v) is 14.9. The smallest absolute Gasteiger partial charge is 0.164 e. The summed E-state index contributed by atoms with van der Waals surface area (Å²) in [7, 11) is 0. The van der Waals surface area contributed by atoms with Crippen LogP contribution in [0.4, 0.5) is 0 Å². The molecule has 0 spiro atoms. The van der Waals surface area contributed by atoms with E-state index in [4.69, 9.17) is 0 Å². The number of aryl methyl sites for hydroxylation is 1. The van der Waals surface area contributed by atoms with Gasteiger partial charge in [0.25, 0.3) is 0 Å². The molecule has 0 atom stereocenters. The van der Waals surface area contributed by atoms with E-state index in [0.717, 1.165) is 29.2 Å². The van der Waals surface area contributed by atoms with Crippen LogP contribution in [-0.2, 0) is 17.6 Å². The largest absolute Gasteiger partial charge is 0.294 e. The van der Waals surface area contributed by atoms with E-state index in [1.54, 1.807) is 0 Å². The molecular weight excluding hydrogens is 316 g/mol. The van der Waals surface area contributed by atoms with Gasteiger partial charge in [0.1, 0.15) is 0 Å². The molecule has 126 valence electrons. The summed E-state index contributed by atoms with van der Waals surface area (Å²) >= 11 is 0. The number of benzene rings is 3. The number of fused-ring (bicyclic) bond motifs is 4. The number of rotatable bonds is 1. The predicted octanol–water partition coefficient (Wildman–Crippen LogP) is 3.33. The second kappa shape index (κ2) is 5.81. The third kappa shape index (κ3) is 2.28. The van der Waals surface area contributed by atoms with Gasteiger partial charge in [0.05, 0.1) is 0 Å². The molecule has 0 aromatic heterocycles. The van der Waals surface area contributed by atoms with Gasteiger partial charge in [0.15, 0.2) is 5.78 Å². The zero-order valence-electron chi connectivity index (χ0n) is 14.9. The molecule has 0 N–H and O–H groups in total. The molecule has 3 aromatic carbocycles. The van der Waals surface area contributed by atoms with E-state index in [1.165, 1.54) is 32.3 Å². The maximum Gasteiger partial charge on any atom is 0.164 e. The van der Waals surface area contributed by atoms with Crippen molar-refractivity contribution in [3.63, 3.8) is 0 Å². The molecule has 0 radical (unpaired) electrons. The van der Waals surface area contributed by atoms with Crippen LogP contribution < -0.4 is 10.4 Å². The van der Waals surface area contributed by atoms with Crippen molar-refractivity contribution in [1.29, 1.82) is 0 Å². The van der Waals surface area contributed by atoms with Crippen molar-refractivity contribution in [2.24, 2.45) is 0 Å². The van der Waals surface area contributed by atoms with Crippen LogP contribution in [0.2, 0.25) is 0 Å². The topological polar surface area (TPSA) is 17.1 Å². The molecule has 0 saturated heterocycles. The van der Waals surface area contributed by atoms with Gasteiger partial charge in [-0.05, 0) is 57.3 Å². The lowest BCUT2D eigenvalue weighted by molar-refractivity contribution is -0.113. The Bertz CT molecular complexity index is 1280. The van der Waals surface area contributed by atoms with Crippen LogP contribution in [-0.4, -0.2) is 5.78 Å². The maximum absolute atomic E-state index is 12.8. The molecule has 2 aliphatic rings. The summed E-state index contributed by atoms with van der Waals surface area (Å²) in [4.78, 5) is 12.8. The van der Waals surface area contributed by atoms with E-state index in [0.29, 0.717) is 6.42 Å². The van der Waals surface area contributed by atoms with Crippen molar-refractivity contribution in [3.8, 4) is 0 Å². The second-order valence-corrected chi connectivity index (χ2v) is 7.28. The van der Waals surface area contributed by atoms with Gasteiger partial charge < -0.3 is 0 Å². The first kappa shape index (κ1) is 15.3. The van der Waals surface area contributed by atoms with Gasteiger partial charge in [-0.3, -0.25) is 4.79 Å². The Labute approximate surface area is 152 Å². The molecule has 2 aliphatic carbocycles. The highest BCUT2D eigenvalue weighted by atomic mass is 16.1. The van der Waals surface area contributed by atoms with E-state index < -0.39 is 0 Å². The lowest BCUT2D eigenvalue weighted by atomic mass is 9.83. The quantitative estimate of drug-likeness (QED) is 0.666. The molecule has 26 heavy (non-hydrogen) atoms. The molecule has 0 amide bonds. The minimum Gasteiger partial charge on any atom is -0.294 e. The van der Waals surface area contributed by atoms with Gasteiger partial charge >= 0.3 is 0 Å². The van der Waals surface area contributed by atoms with E-state index in [9.17, 15) is 4.79 Å². The van der Waals surface area contributed by atoms with Gasteiger partial charge in [0.2, 0.25) is 0 Å². The Kier molecular flexibility index (Phi) is 3.43. The Morgan fingerprint density at radius 1 is 0.769 bits per heavy atom. The molecular formula is C25H20O. The zero-order chi connectivity index (χ0) is 17.7. The summed E-state index contributed by atoms with van der Waals surface area (Å²) in [5.41, 5.74) is 5.91. The summed E-state index contributed by atoms with van der Waals surface area (Å²) in [5, 5.41) is 5.10. The number of hydrogen-bond donors (Lipinski definition) is 0. The van der Waals surface area contributed by atoms with Crippen molar-refractivity contribution in [2.45, 2.75) is 26.2 Å². The first-order chi connectivity index (χ1) is 12.7. The summed E-state index contributed by atoms with van der Waals surface area (Å²) in [6.45, 7) is 2.08. The van der Waals surface area contributed by atoms with E-state index in [2.05, 4.69) is 67.6 Å². The van der Waals surface area contributed by atoms with Crippen molar-refractivity contribution in [2.75, 3.05) is 0 Å². The number of carbonyl (C=O) groups excluding carboxylic acids is 1. The van der Waals surface area contributed by atoms with Crippen LogP contribution in [0.3, 0.4) is 0 Å². The molecule has 0 fully saturated rings. The fourth-order valence-corrected chi connectivity index (χ4v) is 4.46. The summed E-state index contributed by atoms with van der Waals surface area (Å²) in [6, 6.07) is 21.3. The van der Waals surface area contributed by atoms with Crippen LogP contribution in [0.5, 0.6) is 0 Å². The minimum atomic E-state index is 0.267. The van der Waals surface area contributed by atoms with Crippen molar-refractivity contribution >= 4 is 17.4 Å². The highest BCUT2D eigenvalue weighted by Crippen LogP contribution is 2.24. The van der Waals surface area contributed by atoms with Crippen LogP contribution >= 0.6 is 0 Å². The Hall–Kier alpha value is -2.93. The Balaban J connectivity index is 1.92. The van der Waals surface area contributed by atoms with Crippen molar-refractivity contribution < 1.29 is 4.79 Å². The fraction of sp³-hybridized carbons (Fsp3) is 0.160. The van der Waals surface area contributed by atoms with E-state index in [-0.39, 0.29) is 5.78 Å². The standard InChI is InChI=1S/C25H20O/c1-16-5-4-7-18(15-16)25-23-12-11-20-19-8-3-2-6-17(19)9-10-21(20)22(23)13-14-24(25)26/h2-9,11-12,15H,10,13-14H2,1H3. The molecule has 0 bridgehead atoms. The van der Waals surface area contributed by atoms with Crippen LogP contribution in [0.15, 0.2) is 60.7 Å². The molecule has 3 aromatic rings. The monoisotopic (exact) mass is 336 g/mol. The van der Waals surface area contributed by atoms with Crippen LogP contribution in [0.1, 0.15) is 28.7 Å². The molecule has 0 heterocycles. The third-order valence-corrected chi connectivity index (χ3v) is 5.67. The number of hydrogen-bond acceptors (Lipinski definition) is 1. The molecule has 0 aliphatic heterocycles. The highest BCUT2D eigenvalue weighted by Gasteiger charge is 2.22. The van der Waals surface area contributed by atoms with Crippen molar-refractivity contribution in [3.05, 3.63) is 104 Å². The van der Waals surface area contributed by atoms with Gasteiger partial charge in [-0.15, -0.1) is 0 Å². The van der Waals surface area contributed by atoms with Gasteiger partial charge in [-0.25, -0.2) is 0 Å². The van der Waals surface area contributed by atoms with Gasteiger partial charge in [-0.1, -0.05) is 72.3 Å². The maximum atomic E-state index is 12.8. The first-order valence-corrected chi connectivity index (χ1v) is 9.27. The first-order valence-electron chi connectivity index (χ1n) is 9.27. The normalized spacial score (nSPS) is 15.0. The van der Waals surface area contributed by atoms with Crippen molar-refractivity contribution in [1.82, 2.24) is 0 Å². The lowest BCUT2D eigenvalue weighted by Gasteiger charge is -2.20. The average molecular weight is 336 g/mol. The number of Topliss-reactive ketones (excluding diaryl/α,β-unsaturated/α-hetero) is 1. The summed E-state index contributed by atoms with van der Waals surface area (Å²) in [6.07, 6.45) is 4.72. The van der Waals surface area contributed by atoms with Gasteiger partial charge in [0, 0.05) is 12.0 Å². The van der Waals surface area contributed by atoms with E-state index >= 15 is 0 Å². The molecule has 0 saturated carbocycles. The lowest BCUT2D eigenvalue weighted by Crippen LogP contribution is -2.27. The van der Waals surface area contributed by atoms with E-state index in [1.807, 2.05) is 6.07 Å². The second-order valence-electron chi connectivity index (χ2n) is 7.28. The molecule has 1 nitrogen and oxygen atoms in total. The Morgan fingerprint density at radius 3 is 2.50 bits per heavy atom. The average Bonchev–Trinajstić information content (AvgIpc) is 2.67. The number of carbonyl (C=O) groups is 1. The predicted molar refractivity (Wildman–Crippen MR) is 105 cm³/mol. The molecule has 1 heteroatoms. The summed E-state index contributed by atoms with van der Waals surface area (Å²) < 4.78 is 0. The van der Waals surface area contributed by atoms with Gasteiger partial charge in [-0.2, -0.15) is 0 Å². The van der Waals surface area contributed by atoms with Crippen LogP contribution in [0.25, 0.3) is 11.6 Å². The molecule has 5 rings (SSSR count). The van der Waals surface area contributed by atoms with Crippen LogP contribution in [0, 0.1) is 17.4 Å². The highest BCUT2D eigenvalue weighted by molar-refractivity contribution is 6.21. The molecule has 0 unspecified atom stereocenters. The number of ketones is 1. The third-order valence-electron chi connectivity index (χ3n) is 5.67. The summed E-state index contributed by atoms with van der Waals surface area (Å²) in [5.74, 6) is 0.267. The minimum absolute atomic E-state index is 0.267.